The molecular formula is C16H34NaO4S+. The van der Waals surface area contributed by atoms with Crippen LogP contribution in [0.3, 0.4) is 0 Å². The minimum Gasteiger partial charge on any atom is -0.248 e. The summed E-state index contributed by atoms with van der Waals surface area (Å²) in [7, 11) is -3.78. The zero-order chi connectivity index (χ0) is 15.8. The van der Waals surface area contributed by atoms with Crippen LogP contribution >= 0.6 is 0 Å². The quantitative estimate of drug-likeness (QED) is 0.317. The van der Waals surface area contributed by atoms with E-state index in [2.05, 4.69) is 13.8 Å². The van der Waals surface area contributed by atoms with E-state index in [-0.39, 0.29) is 42.8 Å². The van der Waals surface area contributed by atoms with Crippen LogP contribution in [-0.2, 0) is 18.8 Å². The third-order valence-corrected chi connectivity index (χ3v) is 4.36. The Balaban J connectivity index is 0. The van der Waals surface area contributed by atoms with Crippen LogP contribution in [0, 0.1) is 0 Å². The molecule has 0 N–H and O–H groups in total. The van der Waals surface area contributed by atoms with Gasteiger partial charge in [-0.2, -0.15) is 8.42 Å². The van der Waals surface area contributed by atoms with Gasteiger partial charge in [-0.05, 0) is 12.8 Å². The van der Waals surface area contributed by atoms with E-state index < -0.39 is 10.4 Å². The second-order valence-corrected chi connectivity index (χ2v) is 6.88. The first-order chi connectivity index (χ1) is 10.1. The van der Waals surface area contributed by atoms with Gasteiger partial charge in [-0.1, -0.05) is 78.1 Å². The van der Waals surface area contributed by atoms with E-state index >= 15 is 0 Å². The Morgan fingerprint density at radius 2 is 0.909 bits per heavy atom. The summed E-state index contributed by atoms with van der Waals surface area (Å²) in [5, 5.41) is 0. The van der Waals surface area contributed by atoms with Crippen molar-refractivity contribution in [3.8, 4) is 0 Å². The fourth-order valence-electron chi connectivity index (χ4n) is 2.12. The molecule has 0 rings (SSSR count). The number of hydrogen-bond acceptors (Lipinski definition) is 4. The van der Waals surface area contributed by atoms with Crippen LogP contribution in [0.25, 0.3) is 0 Å². The summed E-state index contributed by atoms with van der Waals surface area (Å²) in [5.41, 5.74) is 0. The molecule has 0 amide bonds. The third kappa shape index (κ3) is 18.9. The predicted octanol–water partition coefficient (Wildman–Crippen LogP) is 1.99. The fourth-order valence-corrected chi connectivity index (χ4v) is 2.83. The maximum atomic E-state index is 11.4. The largest absolute Gasteiger partial charge is 1.00 e. The Hall–Kier alpha value is 0.870. The average Bonchev–Trinajstić information content (AvgIpc) is 2.45. The predicted molar refractivity (Wildman–Crippen MR) is 87.6 cm³/mol. The van der Waals surface area contributed by atoms with Crippen LogP contribution in [0.5, 0.6) is 0 Å². The molecule has 22 heavy (non-hydrogen) atoms. The second kappa shape index (κ2) is 18.2. The van der Waals surface area contributed by atoms with Crippen molar-refractivity contribution in [2.75, 3.05) is 13.2 Å². The van der Waals surface area contributed by atoms with Gasteiger partial charge in [0.2, 0.25) is 0 Å². The molecule has 0 aliphatic heterocycles. The maximum absolute atomic E-state index is 11.4. The molecule has 6 heteroatoms. The molecular weight excluding hydrogens is 311 g/mol. The molecule has 0 aromatic carbocycles. The normalized spacial score (nSPS) is 11.4. The zero-order valence-electron chi connectivity index (χ0n) is 14.9. The molecule has 128 valence electrons. The van der Waals surface area contributed by atoms with E-state index in [1.807, 2.05) is 0 Å². The van der Waals surface area contributed by atoms with Crippen molar-refractivity contribution in [1.29, 1.82) is 0 Å². The van der Waals surface area contributed by atoms with Crippen LogP contribution in [0.15, 0.2) is 0 Å². The van der Waals surface area contributed by atoms with E-state index in [0.29, 0.717) is 0 Å². The molecule has 0 radical (unpaired) electrons. The summed E-state index contributed by atoms with van der Waals surface area (Å²) in [6, 6.07) is 0. The summed E-state index contributed by atoms with van der Waals surface area (Å²) >= 11 is 0. The molecule has 0 bridgehead atoms. The van der Waals surface area contributed by atoms with E-state index in [1.165, 1.54) is 38.5 Å². The van der Waals surface area contributed by atoms with Crippen molar-refractivity contribution < 1.29 is 46.3 Å². The van der Waals surface area contributed by atoms with E-state index in [1.54, 1.807) is 0 Å². The Kier molecular flexibility index (Phi) is 20.8. The molecule has 0 aromatic rings. The van der Waals surface area contributed by atoms with Crippen molar-refractivity contribution in [2.45, 2.75) is 90.9 Å². The summed E-state index contributed by atoms with van der Waals surface area (Å²) in [6.45, 7) is 4.83. The van der Waals surface area contributed by atoms with Crippen molar-refractivity contribution >= 4 is 10.4 Å². The molecule has 0 saturated heterocycles. The molecule has 0 heterocycles. The first kappa shape index (κ1) is 25.1. The number of unbranched alkanes of at least 4 members (excludes halogenated alkanes) is 10. The molecule has 0 aliphatic carbocycles. The average molecular weight is 346 g/mol. The Bertz CT molecular complexity index is 307. The minimum atomic E-state index is -3.78. The Morgan fingerprint density at radius 1 is 0.591 bits per heavy atom. The summed E-state index contributed by atoms with van der Waals surface area (Å²) in [5.74, 6) is 0. The van der Waals surface area contributed by atoms with Crippen LogP contribution in [0.1, 0.15) is 90.9 Å². The summed E-state index contributed by atoms with van der Waals surface area (Å²) in [4.78, 5) is 0. The van der Waals surface area contributed by atoms with Crippen LogP contribution in [-0.4, -0.2) is 21.6 Å². The molecule has 0 aliphatic rings. The molecule has 0 atom stereocenters. The van der Waals surface area contributed by atoms with Crippen molar-refractivity contribution in [3.05, 3.63) is 0 Å². The van der Waals surface area contributed by atoms with Crippen LogP contribution in [0.2, 0.25) is 0 Å². The van der Waals surface area contributed by atoms with E-state index in [4.69, 9.17) is 8.37 Å². The van der Waals surface area contributed by atoms with Gasteiger partial charge in [0.1, 0.15) is 0 Å². The first-order valence-corrected chi connectivity index (χ1v) is 9.99. The van der Waals surface area contributed by atoms with Gasteiger partial charge in [-0.15, -0.1) is 0 Å². The summed E-state index contributed by atoms with van der Waals surface area (Å²) in [6.07, 6.45) is 13.3. The topological polar surface area (TPSA) is 52.6 Å². The van der Waals surface area contributed by atoms with Gasteiger partial charge >= 0.3 is 40.0 Å². The van der Waals surface area contributed by atoms with E-state index in [9.17, 15) is 8.42 Å². The molecule has 0 aromatic heterocycles. The number of hydrogen-bond donors (Lipinski definition) is 0. The van der Waals surface area contributed by atoms with Crippen molar-refractivity contribution in [2.24, 2.45) is 0 Å². The first-order valence-electron chi connectivity index (χ1n) is 8.66. The van der Waals surface area contributed by atoms with Gasteiger partial charge in [0, 0.05) is 0 Å². The summed E-state index contributed by atoms with van der Waals surface area (Å²) < 4.78 is 32.6. The van der Waals surface area contributed by atoms with Gasteiger partial charge < -0.3 is 0 Å². The zero-order valence-corrected chi connectivity index (χ0v) is 17.8. The second-order valence-electron chi connectivity index (χ2n) is 5.59. The van der Waals surface area contributed by atoms with E-state index in [0.717, 1.165) is 38.5 Å². The maximum Gasteiger partial charge on any atom is 1.00 e. The molecule has 0 unspecified atom stereocenters. The van der Waals surface area contributed by atoms with Gasteiger partial charge in [0.05, 0.1) is 13.2 Å². The molecule has 0 spiro atoms. The molecule has 0 fully saturated rings. The fraction of sp³-hybridized carbons (Fsp3) is 1.00. The van der Waals surface area contributed by atoms with Crippen molar-refractivity contribution in [1.82, 2.24) is 0 Å². The van der Waals surface area contributed by atoms with Crippen LogP contribution < -0.4 is 29.6 Å². The SMILES string of the molecule is CCCCCCCCCOS(=O)(=O)OCCCCCCC.[Na+]. The standard InChI is InChI=1S/C16H34O4S.Na/c1-3-5-7-9-10-12-14-16-20-21(17,18)19-15-13-11-8-6-4-2;/h3-16H2,1-2H3;/q;+1. The Labute approximate surface area is 160 Å². The Morgan fingerprint density at radius 3 is 1.27 bits per heavy atom. The molecule has 0 saturated carbocycles. The third-order valence-electron chi connectivity index (χ3n) is 3.45. The number of rotatable bonds is 16. The minimum absolute atomic E-state index is 0. The van der Waals surface area contributed by atoms with Crippen LogP contribution in [0.4, 0.5) is 0 Å². The van der Waals surface area contributed by atoms with Gasteiger partial charge in [0.25, 0.3) is 0 Å². The molecule has 4 nitrogen and oxygen atoms in total. The smallest absolute Gasteiger partial charge is 0.248 e. The van der Waals surface area contributed by atoms with Crippen molar-refractivity contribution in [3.63, 3.8) is 0 Å². The monoisotopic (exact) mass is 345 g/mol. The van der Waals surface area contributed by atoms with Gasteiger partial charge in [-0.3, -0.25) is 0 Å². The van der Waals surface area contributed by atoms with Gasteiger partial charge in [0.15, 0.2) is 0 Å². The van der Waals surface area contributed by atoms with Gasteiger partial charge in [-0.25, -0.2) is 8.37 Å².